The van der Waals surface area contributed by atoms with Gasteiger partial charge in [-0.05, 0) is 12.0 Å². The predicted molar refractivity (Wildman–Crippen MR) is 82.3 cm³/mol. The van der Waals surface area contributed by atoms with E-state index in [2.05, 4.69) is 6.07 Å². The first kappa shape index (κ1) is 16.9. The Morgan fingerprint density at radius 2 is 1.82 bits per heavy atom. The average Bonchev–Trinajstić information content (AvgIpc) is 2.55. The Balaban J connectivity index is 1.98. The van der Waals surface area contributed by atoms with E-state index in [9.17, 15) is 18.1 Å². The minimum Gasteiger partial charge on any atom is -0.282 e. The highest BCUT2D eigenvalue weighted by molar-refractivity contribution is 7.89. The summed E-state index contributed by atoms with van der Waals surface area (Å²) >= 11 is 0. The Kier molecular flexibility index (Phi) is 5.89. The van der Waals surface area contributed by atoms with Crippen molar-refractivity contribution in [2.24, 2.45) is 0 Å². The number of alkyl halides is 1. The Bertz CT molecular complexity index is 607. The van der Waals surface area contributed by atoms with Crippen molar-refractivity contribution < 1.29 is 12.8 Å². The number of rotatable bonds is 6. The molecular weight excluding hydrogens is 305 g/mol. The molecule has 0 radical (unpaired) electrons. The maximum atomic E-state index is 12.2. The molecule has 1 aliphatic heterocycles. The lowest BCUT2D eigenvalue weighted by atomic mass is 10.1. The molecule has 1 aliphatic rings. The van der Waals surface area contributed by atoms with Crippen molar-refractivity contribution in [3.63, 3.8) is 0 Å². The third-order valence-electron chi connectivity index (χ3n) is 3.81. The molecule has 1 atom stereocenters. The fourth-order valence-electron chi connectivity index (χ4n) is 2.61. The summed E-state index contributed by atoms with van der Waals surface area (Å²) in [5.74, 6) is -0.149. The molecule has 0 aromatic heterocycles. The van der Waals surface area contributed by atoms with E-state index in [4.69, 9.17) is 0 Å². The van der Waals surface area contributed by atoms with E-state index < -0.39 is 16.7 Å². The molecule has 1 aromatic rings. The van der Waals surface area contributed by atoms with Gasteiger partial charge in [0.25, 0.3) is 0 Å². The largest absolute Gasteiger partial charge is 0.282 e. The molecule has 1 heterocycles. The summed E-state index contributed by atoms with van der Waals surface area (Å²) in [4.78, 5) is 1.98. The van der Waals surface area contributed by atoms with Gasteiger partial charge in [0.2, 0.25) is 10.0 Å². The smallest absolute Gasteiger partial charge is 0.214 e. The molecule has 0 amide bonds. The summed E-state index contributed by atoms with van der Waals surface area (Å²) in [5, 5.41) is 9.41. The van der Waals surface area contributed by atoms with E-state index >= 15 is 0 Å². The topological polar surface area (TPSA) is 64.4 Å². The minimum atomic E-state index is -3.38. The van der Waals surface area contributed by atoms with Crippen LogP contribution in [0.2, 0.25) is 0 Å². The Morgan fingerprint density at radius 3 is 2.36 bits per heavy atom. The van der Waals surface area contributed by atoms with Crippen molar-refractivity contribution in [2.75, 3.05) is 38.6 Å². The number of sulfonamides is 1. The number of nitrogens with zero attached hydrogens (tertiary/aromatic N) is 3. The molecule has 0 N–H and O–H groups in total. The number of piperazine rings is 1. The molecule has 1 unspecified atom stereocenters. The van der Waals surface area contributed by atoms with E-state index in [-0.39, 0.29) is 18.2 Å². The molecule has 22 heavy (non-hydrogen) atoms. The highest BCUT2D eigenvalue weighted by atomic mass is 32.2. The van der Waals surface area contributed by atoms with Crippen LogP contribution in [0.15, 0.2) is 30.3 Å². The predicted octanol–water partition coefficient (Wildman–Crippen LogP) is 1.56. The molecule has 1 aromatic carbocycles. The van der Waals surface area contributed by atoms with E-state index in [0.29, 0.717) is 26.2 Å². The second-order valence-electron chi connectivity index (χ2n) is 5.24. The van der Waals surface area contributed by atoms with Crippen molar-refractivity contribution in [3.05, 3.63) is 35.9 Å². The van der Waals surface area contributed by atoms with E-state index in [1.807, 2.05) is 35.2 Å². The summed E-state index contributed by atoms with van der Waals surface area (Å²) < 4.78 is 37.6. The van der Waals surface area contributed by atoms with E-state index in [0.717, 1.165) is 5.56 Å². The van der Waals surface area contributed by atoms with Crippen LogP contribution in [-0.4, -0.2) is 56.2 Å². The molecule has 0 spiro atoms. The normalized spacial score (nSPS) is 18.7. The number of halogens is 1. The Hall–Kier alpha value is -1.49. The maximum Gasteiger partial charge on any atom is 0.214 e. The lowest BCUT2D eigenvalue weighted by Gasteiger charge is -2.36. The molecule has 2 rings (SSSR count). The van der Waals surface area contributed by atoms with Gasteiger partial charge in [0, 0.05) is 26.2 Å². The van der Waals surface area contributed by atoms with E-state index in [1.165, 1.54) is 4.31 Å². The Morgan fingerprint density at radius 1 is 1.18 bits per heavy atom. The van der Waals surface area contributed by atoms with Gasteiger partial charge in [0.05, 0.1) is 18.5 Å². The first-order valence-electron chi connectivity index (χ1n) is 7.31. The molecule has 0 saturated carbocycles. The van der Waals surface area contributed by atoms with Crippen LogP contribution in [0.25, 0.3) is 0 Å². The molecule has 0 aliphatic carbocycles. The van der Waals surface area contributed by atoms with Gasteiger partial charge in [-0.15, -0.1) is 0 Å². The molecule has 5 nitrogen and oxygen atoms in total. The second-order valence-corrected chi connectivity index (χ2v) is 7.32. The number of benzene rings is 1. The van der Waals surface area contributed by atoms with Gasteiger partial charge >= 0.3 is 0 Å². The lowest BCUT2D eigenvalue weighted by Crippen LogP contribution is -2.50. The van der Waals surface area contributed by atoms with Gasteiger partial charge in [-0.2, -0.15) is 9.57 Å². The fourth-order valence-corrected chi connectivity index (χ4v) is 4.06. The zero-order valence-corrected chi connectivity index (χ0v) is 13.2. The number of hydrogen-bond donors (Lipinski definition) is 0. The highest BCUT2D eigenvalue weighted by Crippen LogP contribution is 2.22. The first-order valence-corrected chi connectivity index (χ1v) is 8.92. The summed E-state index contributed by atoms with van der Waals surface area (Å²) in [6, 6.07) is 11.4. The molecule has 0 bridgehead atoms. The monoisotopic (exact) mass is 325 g/mol. The van der Waals surface area contributed by atoms with Gasteiger partial charge in [-0.3, -0.25) is 9.29 Å². The average molecular weight is 325 g/mol. The fraction of sp³-hybridized carbons (Fsp3) is 0.533. The van der Waals surface area contributed by atoms with Gasteiger partial charge in [0.1, 0.15) is 6.04 Å². The van der Waals surface area contributed by atoms with Crippen LogP contribution in [-0.2, 0) is 10.0 Å². The van der Waals surface area contributed by atoms with Crippen LogP contribution in [0.5, 0.6) is 0 Å². The standard InChI is InChI=1S/C15H20FN3O2S/c16-7-4-12-22(20,21)19-10-8-18(9-11-19)15(13-17)14-5-2-1-3-6-14/h1-3,5-6,15H,4,7-12H2. The summed E-state index contributed by atoms with van der Waals surface area (Å²) in [6.45, 7) is 1.08. The molecule has 1 saturated heterocycles. The molecule has 120 valence electrons. The summed E-state index contributed by atoms with van der Waals surface area (Å²) in [5.41, 5.74) is 0.915. The van der Waals surface area contributed by atoms with Gasteiger partial charge < -0.3 is 0 Å². The molecule has 7 heteroatoms. The van der Waals surface area contributed by atoms with Crippen molar-refractivity contribution in [1.29, 1.82) is 5.26 Å². The van der Waals surface area contributed by atoms with Crippen LogP contribution in [0, 0.1) is 11.3 Å². The van der Waals surface area contributed by atoms with Crippen molar-refractivity contribution in [3.8, 4) is 6.07 Å². The lowest BCUT2D eigenvalue weighted by molar-refractivity contribution is 0.162. The molecule has 1 fully saturated rings. The number of nitriles is 1. The van der Waals surface area contributed by atoms with Crippen LogP contribution in [0.4, 0.5) is 4.39 Å². The quantitative estimate of drug-likeness (QED) is 0.796. The van der Waals surface area contributed by atoms with Gasteiger partial charge in [0.15, 0.2) is 0 Å². The number of hydrogen-bond acceptors (Lipinski definition) is 4. The van der Waals surface area contributed by atoms with Crippen LogP contribution < -0.4 is 0 Å². The zero-order chi connectivity index (χ0) is 16.0. The first-order chi connectivity index (χ1) is 10.6. The zero-order valence-electron chi connectivity index (χ0n) is 12.4. The second kappa shape index (κ2) is 7.68. The van der Waals surface area contributed by atoms with Gasteiger partial charge in [-0.25, -0.2) is 8.42 Å². The van der Waals surface area contributed by atoms with E-state index in [1.54, 1.807) is 0 Å². The van der Waals surface area contributed by atoms with Crippen molar-refractivity contribution in [2.45, 2.75) is 12.5 Å². The maximum absolute atomic E-state index is 12.2. The summed E-state index contributed by atoms with van der Waals surface area (Å²) in [7, 11) is -3.38. The minimum absolute atomic E-state index is 0.0351. The SMILES string of the molecule is N#CC(c1ccccc1)N1CCN(S(=O)(=O)CCCF)CC1. The van der Waals surface area contributed by atoms with Gasteiger partial charge in [-0.1, -0.05) is 30.3 Å². The third kappa shape index (κ3) is 4.03. The molecular formula is C15H20FN3O2S. The third-order valence-corrected chi connectivity index (χ3v) is 5.76. The van der Waals surface area contributed by atoms with Crippen LogP contribution in [0.3, 0.4) is 0 Å². The van der Waals surface area contributed by atoms with Crippen LogP contribution in [0.1, 0.15) is 18.0 Å². The summed E-state index contributed by atoms with van der Waals surface area (Å²) in [6.07, 6.45) is 0.0351. The van der Waals surface area contributed by atoms with Crippen molar-refractivity contribution in [1.82, 2.24) is 9.21 Å². The van der Waals surface area contributed by atoms with Crippen LogP contribution >= 0.6 is 0 Å². The Labute approximate surface area is 131 Å². The highest BCUT2D eigenvalue weighted by Gasteiger charge is 2.30. The van der Waals surface area contributed by atoms with Crippen molar-refractivity contribution >= 4 is 10.0 Å².